The predicted molar refractivity (Wildman–Crippen MR) is 60.6 cm³/mol. The van der Waals surface area contributed by atoms with Crippen LogP contribution in [0, 0.1) is 0 Å². The van der Waals surface area contributed by atoms with Crippen molar-refractivity contribution < 1.29 is 4.79 Å². The minimum atomic E-state index is -0.176. The van der Waals surface area contributed by atoms with Crippen LogP contribution in [-0.2, 0) is 0 Å². The maximum absolute atomic E-state index is 11.7. The standard InChI is InChI=1S/C10H10N4OS/c15-9(7-3-11-12-4-7)14-10-13-8(5-16-10)6-1-2-6/h3-6H,1-2H2,(H,11,12)(H,13,14,15). The number of nitrogens with zero attached hydrogens (tertiary/aromatic N) is 2. The Morgan fingerprint density at radius 1 is 1.56 bits per heavy atom. The van der Waals surface area contributed by atoms with Crippen LogP contribution < -0.4 is 5.32 Å². The van der Waals surface area contributed by atoms with Crippen molar-refractivity contribution in [2.24, 2.45) is 0 Å². The second-order valence-electron chi connectivity index (χ2n) is 3.79. The average molecular weight is 234 g/mol. The van der Waals surface area contributed by atoms with E-state index < -0.39 is 0 Å². The molecule has 0 spiro atoms. The van der Waals surface area contributed by atoms with Crippen LogP contribution in [0.4, 0.5) is 5.13 Å². The van der Waals surface area contributed by atoms with Crippen LogP contribution in [0.2, 0.25) is 0 Å². The zero-order chi connectivity index (χ0) is 11.0. The highest BCUT2D eigenvalue weighted by atomic mass is 32.1. The first kappa shape index (κ1) is 9.53. The summed E-state index contributed by atoms with van der Waals surface area (Å²) in [4.78, 5) is 16.0. The van der Waals surface area contributed by atoms with Crippen molar-refractivity contribution in [2.75, 3.05) is 5.32 Å². The predicted octanol–water partition coefficient (Wildman–Crippen LogP) is 2.00. The fraction of sp³-hybridized carbons (Fsp3) is 0.300. The lowest BCUT2D eigenvalue weighted by atomic mass is 10.3. The van der Waals surface area contributed by atoms with Crippen molar-refractivity contribution in [3.8, 4) is 0 Å². The largest absolute Gasteiger partial charge is 0.298 e. The zero-order valence-electron chi connectivity index (χ0n) is 8.43. The van der Waals surface area contributed by atoms with E-state index in [0.717, 1.165) is 5.69 Å². The van der Waals surface area contributed by atoms with Gasteiger partial charge in [0.05, 0.1) is 17.5 Å². The van der Waals surface area contributed by atoms with Gasteiger partial charge < -0.3 is 0 Å². The molecule has 3 rings (SSSR count). The van der Waals surface area contributed by atoms with E-state index in [1.54, 1.807) is 6.20 Å². The van der Waals surface area contributed by atoms with Gasteiger partial charge in [0, 0.05) is 17.5 Å². The van der Waals surface area contributed by atoms with Gasteiger partial charge in [0.1, 0.15) is 0 Å². The fourth-order valence-electron chi connectivity index (χ4n) is 1.45. The summed E-state index contributed by atoms with van der Waals surface area (Å²) < 4.78 is 0. The molecule has 2 N–H and O–H groups in total. The summed E-state index contributed by atoms with van der Waals surface area (Å²) in [6.07, 6.45) is 5.49. The number of anilines is 1. The number of aromatic nitrogens is 3. The Hall–Kier alpha value is -1.69. The number of rotatable bonds is 3. The van der Waals surface area contributed by atoms with Crippen LogP contribution in [0.1, 0.15) is 34.8 Å². The van der Waals surface area contributed by atoms with Gasteiger partial charge in [-0.15, -0.1) is 11.3 Å². The van der Waals surface area contributed by atoms with Crippen molar-refractivity contribution in [2.45, 2.75) is 18.8 Å². The Bertz CT molecular complexity index is 501. The molecule has 2 heterocycles. The van der Waals surface area contributed by atoms with Gasteiger partial charge >= 0.3 is 0 Å². The summed E-state index contributed by atoms with van der Waals surface area (Å²) >= 11 is 1.47. The van der Waals surface area contributed by atoms with Gasteiger partial charge in [0.15, 0.2) is 5.13 Å². The van der Waals surface area contributed by atoms with Crippen molar-refractivity contribution in [3.63, 3.8) is 0 Å². The maximum Gasteiger partial charge on any atom is 0.260 e. The quantitative estimate of drug-likeness (QED) is 0.853. The molecule has 0 unspecified atom stereocenters. The van der Waals surface area contributed by atoms with Crippen LogP contribution in [0.25, 0.3) is 0 Å². The van der Waals surface area contributed by atoms with E-state index in [4.69, 9.17) is 0 Å². The third-order valence-electron chi connectivity index (χ3n) is 2.50. The highest BCUT2D eigenvalue weighted by molar-refractivity contribution is 7.14. The van der Waals surface area contributed by atoms with Crippen LogP contribution in [-0.4, -0.2) is 21.1 Å². The summed E-state index contributed by atoms with van der Waals surface area (Å²) in [5.41, 5.74) is 1.62. The summed E-state index contributed by atoms with van der Waals surface area (Å²) in [5.74, 6) is 0.446. The Kier molecular flexibility index (Phi) is 2.21. The molecule has 16 heavy (non-hydrogen) atoms. The first-order valence-electron chi connectivity index (χ1n) is 5.08. The highest BCUT2D eigenvalue weighted by Gasteiger charge is 2.26. The molecule has 1 saturated carbocycles. The summed E-state index contributed by atoms with van der Waals surface area (Å²) in [6.45, 7) is 0. The molecule has 6 heteroatoms. The molecule has 1 amide bonds. The molecule has 0 saturated heterocycles. The number of carbonyl (C=O) groups excluding carboxylic acids is 1. The second kappa shape index (κ2) is 3.71. The minimum Gasteiger partial charge on any atom is -0.298 e. The number of hydrogen-bond donors (Lipinski definition) is 2. The van der Waals surface area contributed by atoms with Gasteiger partial charge in [0.2, 0.25) is 0 Å². The lowest BCUT2D eigenvalue weighted by molar-refractivity contribution is 0.102. The monoisotopic (exact) mass is 234 g/mol. The van der Waals surface area contributed by atoms with Crippen molar-refractivity contribution in [1.82, 2.24) is 15.2 Å². The number of H-pyrrole nitrogens is 1. The SMILES string of the molecule is O=C(Nc1nc(C2CC2)cs1)c1cn[nH]c1. The molecule has 1 fully saturated rings. The second-order valence-corrected chi connectivity index (χ2v) is 4.65. The lowest BCUT2D eigenvalue weighted by Crippen LogP contribution is -2.10. The molecule has 2 aromatic heterocycles. The first-order chi connectivity index (χ1) is 7.83. The smallest absolute Gasteiger partial charge is 0.260 e. The Morgan fingerprint density at radius 2 is 2.44 bits per heavy atom. The summed E-state index contributed by atoms with van der Waals surface area (Å²) in [6, 6.07) is 0. The minimum absolute atomic E-state index is 0.176. The molecule has 82 valence electrons. The average Bonchev–Trinajstić information content (AvgIpc) is 2.82. The third-order valence-corrected chi connectivity index (χ3v) is 3.27. The lowest BCUT2D eigenvalue weighted by Gasteiger charge is -1.97. The highest BCUT2D eigenvalue weighted by Crippen LogP contribution is 2.40. The van der Waals surface area contributed by atoms with Crippen LogP contribution in [0.3, 0.4) is 0 Å². The van der Waals surface area contributed by atoms with Gasteiger partial charge in [-0.25, -0.2) is 4.98 Å². The van der Waals surface area contributed by atoms with Crippen molar-refractivity contribution in [3.05, 3.63) is 29.0 Å². The normalized spacial score (nSPS) is 15.0. The molecule has 5 nitrogen and oxygen atoms in total. The molecule has 1 aliphatic rings. The fourth-order valence-corrected chi connectivity index (χ4v) is 2.24. The molecule has 0 aliphatic heterocycles. The topological polar surface area (TPSA) is 70.7 Å². The number of aromatic amines is 1. The molecule has 0 atom stereocenters. The van der Waals surface area contributed by atoms with Gasteiger partial charge in [-0.05, 0) is 12.8 Å². The molecular formula is C10H10N4OS. The number of thiazole rings is 1. The zero-order valence-corrected chi connectivity index (χ0v) is 9.25. The van der Waals surface area contributed by atoms with Gasteiger partial charge in [-0.1, -0.05) is 0 Å². The van der Waals surface area contributed by atoms with Crippen LogP contribution in [0.15, 0.2) is 17.8 Å². The Labute approximate surface area is 95.9 Å². The third kappa shape index (κ3) is 1.83. The molecular weight excluding hydrogens is 224 g/mol. The molecule has 1 aliphatic carbocycles. The number of hydrogen-bond acceptors (Lipinski definition) is 4. The van der Waals surface area contributed by atoms with Crippen molar-refractivity contribution in [1.29, 1.82) is 0 Å². The van der Waals surface area contributed by atoms with E-state index in [1.807, 2.05) is 5.38 Å². The van der Waals surface area contributed by atoms with E-state index in [1.165, 1.54) is 30.4 Å². The number of carbonyl (C=O) groups is 1. The van der Waals surface area contributed by atoms with Gasteiger partial charge in [0.25, 0.3) is 5.91 Å². The van der Waals surface area contributed by atoms with E-state index in [2.05, 4.69) is 20.5 Å². The van der Waals surface area contributed by atoms with Crippen molar-refractivity contribution >= 4 is 22.4 Å². The van der Waals surface area contributed by atoms with E-state index >= 15 is 0 Å². The van der Waals surface area contributed by atoms with Gasteiger partial charge in [-0.2, -0.15) is 5.10 Å². The molecule has 0 bridgehead atoms. The van der Waals surface area contributed by atoms with Crippen LogP contribution in [0.5, 0.6) is 0 Å². The number of amides is 1. The summed E-state index contributed by atoms with van der Waals surface area (Å²) in [5, 5.41) is 11.8. The van der Waals surface area contributed by atoms with E-state index in [-0.39, 0.29) is 5.91 Å². The molecule has 0 aromatic carbocycles. The van der Waals surface area contributed by atoms with Crippen LogP contribution >= 0.6 is 11.3 Å². The van der Waals surface area contributed by atoms with E-state index in [0.29, 0.717) is 16.6 Å². The number of nitrogens with one attached hydrogen (secondary N) is 2. The maximum atomic E-state index is 11.7. The van der Waals surface area contributed by atoms with E-state index in [9.17, 15) is 4.79 Å². The molecule has 2 aromatic rings. The Morgan fingerprint density at radius 3 is 3.12 bits per heavy atom. The van der Waals surface area contributed by atoms with Gasteiger partial charge in [-0.3, -0.25) is 15.2 Å². The Balaban J connectivity index is 1.71. The first-order valence-corrected chi connectivity index (χ1v) is 5.96. The molecule has 0 radical (unpaired) electrons. The summed E-state index contributed by atoms with van der Waals surface area (Å²) in [7, 11) is 0.